The maximum atomic E-state index is 13.1. The molecule has 154 valence electrons. The van der Waals surface area contributed by atoms with Gasteiger partial charge in [-0.15, -0.1) is 0 Å². The summed E-state index contributed by atoms with van der Waals surface area (Å²) in [5.41, 5.74) is 1.91. The topological polar surface area (TPSA) is 91.0 Å². The number of rotatable bonds is 6. The van der Waals surface area contributed by atoms with Crippen LogP contribution in [0.3, 0.4) is 0 Å². The Bertz CT molecular complexity index is 1220. The molecule has 0 N–H and O–H groups in total. The standard InChI is InChI=1S/C23H15FN2O5/c24-18-9-7-17(8-10-18)22-25-21(23(27)31-22)13-15-3-2-6-20(12-15)30-14-16-4-1-5-19(11-16)26(28)29/h1-13H,14H2. The first kappa shape index (κ1) is 20.0. The van der Waals surface area contributed by atoms with Gasteiger partial charge >= 0.3 is 5.97 Å². The van der Waals surface area contributed by atoms with Crippen LogP contribution in [-0.4, -0.2) is 16.8 Å². The molecular formula is C23H15FN2O5. The fraction of sp³-hybridized carbons (Fsp3) is 0.0435. The van der Waals surface area contributed by atoms with E-state index in [4.69, 9.17) is 9.47 Å². The molecule has 8 heteroatoms. The van der Waals surface area contributed by atoms with E-state index in [1.165, 1.54) is 36.4 Å². The number of hydrogen-bond donors (Lipinski definition) is 0. The zero-order chi connectivity index (χ0) is 21.8. The average Bonchev–Trinajstić information content (AvgIpc) is 3.13. The monoisotopic (exact) mass is 418 g/mol. The van der Waals surface area contributed by atoms with Gasteiger partial charge in [-0.3, -0.25) is 10.1 Å². The van der Waals surface area contributed by atoms with Crippen molar-refractivity contribution in [3.63, 3.8) is 0 Å². The Morgan fingerprint density at radius 1 is 1.06 bits per heavy atom. The number of cyclic esters (lactones) is 1. The number of halogens is 1. The smallest absolute Gasteiger partial charge is 0.363 e. The molecular weight excluding hydrogens is 403 g/mol. The summed E-state index contributed by atoms with van der Waals surface area (Å²) in [6.45, 7) is 0.149. The number of nitro benzene ring substituents is 1. The fourth-order valence-electron chi connectivity index (χ4n) is 2.90. The minimum absolute atomic E-state index is 0.00542. The summed E-state index contributed by atoms with van der Waals surface area (Å²) < 4.78 is 24.0. The van der Waals surface area contributed by atoms with Gasteiger partial charge in [-0.1, -0.05) is 24.3 Å². The molecule has 3 aromatic carbocycles. The summed E-state index contributed by atoms with van der Waals surface area (Å²) in [5.74, 6) is -0.377. The Kier molecular flexibility index (Phi) is 5.53. The average molecular weight is 418 g/mol. The van der Waals surface area contributed by atoms with E-state index in [0.717, 1.165) is 0 Å². The lowest BCUT2D eigenvalue weighted by Crippen LogP contribution is -2.05. The number of hydrogen-bond acceptors (Lipinski definition) is 6. The highest BCUT2D eigenvalue weighted by molar-refractivity contribution is 6.12. The lowest BCUT2D eigenvalue weighted by atomic mass is 10.2. The second kappa shape index (κ2) is 8.58. The molecule has 0 radical (unpaired) electrons. The van der Waals surface area contributed by atoms with Gasteiger partial charge in [0.15, 0.2) is 5.70 Å². The van der Waals surface area contributed by atoms with Crippen molar-refractivity contribution in [2.24, 2.45) is 4.99 Å². The van der Waals surface area contributed by atoms with Crippen molar-refractivity contribution < 1.29 is 23.6 Å². The maximum Gasteiger partial charge on any atom is 0.363 e. The quantitative estimate of drug-likeness (QED) is 0.251. The maximum absolute atomic E-state index is 13.1. The van der Waals surface area contributed by atoms with Crippen LogP contribution in [0.15, 0.2) is 83.5 Å². The predicted molar refractivity (Wildman–Crippen MR) is 111 cm³/mol. The van der Waals surface area contributed by atoms with Crippen LogP contribution >= 0.6 is 0 Å². The Hall–Kier alpha value is -4.33. The van der Waals surface area contributed by atoms with Crippen molar-refractivity contribution in [3.05, 3.63) is 111 Å². The minimum Gasteiger partial charge on any atom is -0.489 e. The Balaban J connectivity index is 1.49. The van der Waals surface area contributed by atoms with Crippen LogP contribution in [-0.2, 0) is 16.1 Å². The number of esters is 1. The molecule has 4 rings (SSSR count). The minimum atomic E-state index is -0.609. The summed E-state index contributed by atoms with van der Waals surface area (Å²) in [5, 5.41) is 10.9. The lowest BCUT2D eigenvalue weighted by Gasteiger charge is -2.07. The van der Waals surface area contributed by atoms with Gasteiger partial charge in [-0.2, -0.15) is 0 Å². The highest BCUT2D eigenvalue weighted by Gasteiger charge is 2.24. The van der Waals surface area contributed by atoms with Gasteiger partial charge in [0.25, 0.3) is 5.69 Å². The number of nitro groups is 1. The van der Waals surface area contributed by atoms with E-state index in [1.54, 1.807) is 42.5 Å². The summed E-state index contributed by atoms with van der Waals surface area (Å²) in [6.07, 6.45) is 1.55. The van der Waals surface area contributed by atoms with E-state index in [2.05, 4.69) is 4.99 Å². The molecule has 1 aliphatic rings. The van der Waals surface area contributed by atoms with Gasteiger partial charge in [0.1, 0.15) is 18.2 Å². The van der Waals surface area contributed by atoms with E-state index in [0.29, 0.717) is 22.4 Å². The molecule has 31 heavy (non-hydrogen) atoms. The normalized spacial score (nSPS) is 14.3. The number of nitrogens with zero attached hydrogens (tertiary/aromatic N) is 2. The van der Waals surface area contributed by atoms with E-state index in [9.17, 15) is 19.3 Å². The van der Waals surface area contributed by atoms with Gasteiger partial charge in [0, 0.05) is 17.7 Å². The SMILES string of the molecule is O=C1OC(c2ccc(F)cc2)=NC1=Cc1cccc(OCc2cccc([N+](=O)[O-])c2)c1. The van der Waals surface area contributed by atoms with Crippen molar-refractivity contribution in [2.45, 2.75) is 6.61 Å². The van der Waals surface area contributed by atoms with E-state index in [1.807, 2.05) is 0 Å². The molecule has 3 aromatic rings. The van der Waals surface area contributed by atoms with E-state index < -0.39 is 16.7 Å². The largest absolute Gasteiger partial charge is 0.489 e. The van der Waals surface area contributed by atoms with Crippen LogP contribution in [0.1, 0.15) is 16.7 Å². The molecule has 0 atom stereocenters. The number of aliphatic imine (C=N–C) groups is 1. The third-order valence-corrected chi connectivity index (χ3v) is 4.40. The number of non-ortho nitro benzene ring substituents is 1. The summed E-state index contributed by atoms with van der Waals surface area (Å²) in [6, 6.07) is 18.6. The van der Waals surface area contributed by atoms with Crippen molar-refractivity contribution in [2.75, 3.05) is 0 Å². The molecule has 0 saturated heterocycles. The zero-order valence-electron chi connectivity index (χ0n) is 16.0. The van der Waals surface area contributed by atoms with Crippen LogP contribution in [0, 0.1) is 15.9 Å². The molecule has 0 fully saturated rings. The molecule has 7 nitrogen and oxygen atoms in total. The van der Waals surface area contributed by atoms with Crippen molar-refractivity contribution in [1.29, 1.82) is 0 Å². The first-order valence-electron chi connectivity index (χ1n) is 9.23. The highest BCUT2D eigenvalue weighted by Crippen LogP contribution is 2.22. The summed E-state index contributed by atoms with van der Waals surface area (Å²) >= 11 is 0. The third kappa shape index (κ3) is 4.81. The van der Waals surface area contributed by atoms with Crippen LogP contribution in [0.4, 0.5) is 10.1 Å². The van der Waals surface area contributed by atoms with Crippen LogP contribution in [0.5, 0.6) is 5.75 Å². The molecule has 0 bridgehead atoms. The third-order valence-electron chi connectivity index (χ3n) is 4.40. The fourth-order valence-corrected chi connectivity index (χ4v) is 2.90. The van der Waals surface area contributed by atoms with E-state index >= 15 is 0 Å². The molecule has 1 aliphatic heterocycles. The highest BCUT2D eigenvalue weighted by atomic mass is 19.1. The first-order valence-corrected chi connectivity index (χ1v) is 9.23. The molecule has 0 spiro atoms. The van der Waals surface area contributed by atoms with Gasteiger partial charge in [-0.25, -0.2) is 14.2 Å². The molecule has 0 aromatic heterocycles. The van der Waals surface area contributed by atoms with Crippen molar-refractivity contribution >= 4 is 23.6 Å². The van der Waals surface area contributed by atoms with Gasteiger partial charge < -0.3 is 9.47 Å². The Morgan fingerprint density at radius 3 is 2.61 bits per heavy atom. The molecule has 1 heterocycles. The second-order valence-corrected chi connectivity index (χ2v) is 6.63. The molecule has 0 saturated carbocycles. The van der Waals surface area contributed by atoms with E-state index in [-0.39, 0.29) is 23.9 Å². The number of benzene rings is 3. The van der Waals surface area contributed by atoms with Crippen LogP contribution < -0.4 is 4.74 Å². The van der Waals surface area contributed by atoms with Gasteiger partial charge in [-0.05, 0) is 53.6 Å². The summed E-state index contributed by atoms with van der Waals surface area (Å²) in [4.78, 5) is 26.8. The van der Waals surface area contributed by atoms with Crippen LogP contribution in [0.2, 0.25) is 0 Å². The number of carbonyl (C=O) groups is 1. The van der Waals surface area contributed by atoms with Crippen LogP contribution in [0.25, 0.3) is 6.08 Å². The number of carbonyl (C=O) groups excluding carboxylic acids is 1. The van der Waals surface area contributed by atoms with Crippen molar-refractivity contribution in [1.82, 2.24) is 0 Å². The molecule has 0 aliphatic carbocycles. The molecule has 0 amide bonds. The Labute approximate surface area is 176 Å². The number of ether oxygens (including phenoxy) is 2. The van der Waals surface area contributed by atoms with Crippen molar-refractivity contribution in [3.8, 4) is 5.75 Å². The first-order chi connectivity index (χ1) is 15.0. The second-order valence-electron chi connectivity index (χ2n) is 6.63. The Morgan fingerprint density at radius 2 is 1.84 bits per heavy atom. The summed E-state index contributed by atoms with van der Waals surface area (Å²) in [7, 11) is 0. The lowest BCUT2D eigenvalue weighted by molar-refractivity contribution is -0.384. The predicted octanol–water partition coefficient (Wildman–Crippen LogP) is 4.66. The molecule has 0 unspecified atom stereocenters. The van der Waals surface area contributed by atoms with Gasteiger partial charge in [0.2, 0.25) is 5.90 Å². The van der Waals surface area contributed by atoms with Gasteiger partial charge in [0.05, 0.1) is 4.92 Å². The zero-order valence-corrected chi connectivity index (χ0v) is 16.0.